The van der Waals surface area contributed by atoms with E-state index >= 15 is 0 Å². The molecule has 158 valence electrons. The molecule has 2 amide bonds. The zero-order valence-electron chi connectivity index (χ0n) is 16.9. The quantitative estimate of drug-likeness (QED) is 0.563. The van der Waals surface area contributed by atoms with Crippen molar-refractivity contribution in [1.29, 1.82) is 0 Å². The molecule has 7 heteroatoms. The Morgan fingerprint density at radius 1 is 0.839 bits per heavy atom. The van der Waals surface area contributed by atoms with Crippen LogP contribution in [0.1, 0.15) is 26.3 Å². The fraction of sp³-hybridized carbons (Fsp3) is 0.125. The van der Waals surface area contributed by atoms with Gasteiger partial charge in [0, 0.05) is 0 Å². The van der Waals surface area contributed by atoms with Crippen LogP contribution in [-0.4, -0.2) is 31.5 Å². The molecule has 7 nitrogen and oxygen atoms in total. The molecule has 0 heterocycles. The van der Waals surface area contributed by atoms with Gasteiger partial charge in [-0.05, 0) is 42.0 Å². The van der Waals surface area contributed by atoms with Crippen LogP contribution >= 0.6 is 0 Å². The van der Waals surface area contributed by atoms with Gasteiger partial charge in [0.1, 0.15) is 18.1 Å². The number of ether oxygens (including phenoxy) is 3. The fourth-order valence-electron chi connectivity index (χ4n) is 2.70. The molecule has 0 aliphatic heterocycles. The smallest absolute Gasteiger partial charge is 0.338 e. The van der Waals surface area contributed by atoms with E-state index in [1.807, 2.05) is 30.3 Å². The second-order valence-corrected chi connectivity index (χ2v) is 6.45. The molecule has 0 spiro atoms. The summed E-state index contributed by atoms with van der Waals surface area (Å²) in [6, 6.07) is 22.5. The number of rotatable bonds is 8. The standard InChI is InChI=1S/C24H21NO6/c1-29-21-10-6-5-9-20(21)23(27)25-22(26)16-31-24(28)18-13-11-17(12-14-18)15-30-19-7-3-2-4-8-19/h2-14H,15-16H2,1H3,(H,25,26,27). The monoisotopic (exact) mass is 419 g/mol. The van der Waals surface area contributed by atoms with Crippen molar-refractivity contribution in [2.24, 2.45) is 0 Å². The van der Waals surface area contributed by atoms with Crippen molar-refractivity contribution in [3.05, 3.63) is 95.6 Å². The number of para-hydroxylation sites is 2. The zero-order chi connectivity index (χ0) is 22.1. The van der Waals surface area contributed by atoms with Crippen molar-refractivity contribution in [3.8, 4) is 11.5 Å². The number of esters is 1. The van der Waals surface area contributed by atoms with E-state index in [4.69, 9.17) is 14.2 Å². The van der Waals surface area contributed by atoms with Gasteiger partial charge in [0.05, 0.1) is 18.2 Å². The summed E-state index contributed by atoms with van der Waals surface area (Å²) < 4.78 is 15.7. The molecule has 0 aliphatic rings. The van der Waals surface area contributed by atoms with Crippen molar-refractivity contribution in [2.45, 2.75) is 6.61 Å². The van der Waals surface area contributed by atoms with Gasteiger partial charge < -0.3 is 14.2 Å². The molecule has 0 saturated carbocycles. The molecular weight excluding hydrogens is 398 g/mol. The zero-order valence-corrected chi connectivity index (χ0v) is 16.9. The Bertz CT molecular complexity index is 1050. The molecule has 0 bridgehead atoms. The number of carbonyl (C=O) groups is 3. The Hall–Kier alpha value is -4.13. The lowest BCUT2D eigenvalue weighted by Crippen LogP contribution is -2.34. The third-order valence-corrected chi connectivity index (χ3v) is 4.28. The normalized spacial score (nSPS) is 10.1. The van der Waals surface area contributed by atoms with Crippen molar-refractivity contribution >= 4 is 17.8 Å². The highest BCUT2D eigenvalue weighted by Crippen LogP contribution is 2.17. The topological polar surface area (TPSA) is 90.9 Å². The maximum Gasteiger partial charge on any atom is 0.338 e. The number of amides is 2. The molecule has 0 aliphatic carbocycles. The van der Waals surface area contributed by atoms with E-state index < -0.39 is 24.4 Å². The van der Waals surface area contributed by atoms with Gasteiger partial charge in [0.15, 0.2) is 6.61 Å². The molecule has 3 aromatic carbocycles. The number of hydrogen-bond donors (Lipinski definition) is 1. The minimum atomic E-state index is -0.739. The third kappa shape index (κ3) is 6.17. The second-order valence-electron chi connectivity index (χ2n) is 6.45. The number of methoxy groups -OCH3 is 1. The Labute approximate surface area is 179 Å². The number of carbonyl (C=O) groups excluding carboxylic acids is 3. The van der Waals surface area contributed by atoms with E-state index in [2.05, 4.69) is 5.32 Å². The number of benzene rings is 3. The Morgan fingerprint density at radius 2 is 1.52 bits per heavy atom. The van der Waals surface area contributed by atoms with E-state index in [0.29, 0.717) is 12.4 Å². The highest BCUT2D eigenvalue weighted by Gasteiger charge is 2.16. The Balaban J connectivity index is 1.47. The minimum Gasteiger partial charge on any atom is -0.496 e. The molecule has 0 saturated heterocycles. The van der Waals surface area contributed by atoms with Crippen LogP contribution in [0.5, 0.6) is 11.5 Å². The maximum absolute atomic E-state index is 12.2. The summed E-state index contributed by atoms with van der Waals surface area (Å²) in [5, 5.41) is 2.17. The third-order valence-electron chi connectivity index (χ3n) is 4.28. The maximum atomic E-state index is 12.2. The van der Waals surface area contributed by atoms with Gasteiger partial charge >= 0.3 is 5.97 Å². The first-order valence-electron chi connectivity index (χ1n) is 9.48. The first-order valence-corrected chi connectivity index (χ1v) is 9.48. The average molecular weight is 419 g/mol. The summed E-state index contributed by atoms with van der Waals surface area (Å²) in [5.41, 5.74) is 1.37. The van der Waals surface area contributed by atoms with Crippen molar-refractivity contribution < 1.29 is 28.6 Å². The van der Waals surface area contributed by atoms with Crippen molar-refractivity contribution in [3.63, 3.8) is 0 Å². The predicted molar refractivity (Wildman–Crippen MR) is 113 cm³/mol. The molecule has 0 fully saturated rings. The summed E-state index contributed by atoms with van der Waals surface area (Å²) >= 11 is 0. The van der Waals surface area contributed by atoms with Crippen LogP contribution in [0.4, 0.5) is 0 Å². The van der Waals surface area contributed by atoms with Crippen LogP contribution < -0.4 is 14.8 Å². The Kier molecular flexibility index (Phi) is 7.37. The molecule has 3 rings (SSSR count). The molecule has 1 N–H and O–H groups in total. The number of imide groups is 1. The van der Waals surface area contributed by atoms with Crippen LogP contribution in [0.2, 0.25) is 0 Å². The highest BCUT2D eigenvalue weighted by atomic mass is 16.5. The second kappa shape index (κ2) is 10.6. The largest absolute Gasteiger partial charge is 0.496 e. The van der Waals surface area contributed by atoms with Crippen LogP contribution in [-0.2, 0) is 16.1 Å². The van der Waals surface area contributed by atoms with E-state index in [9.17, 15) is 14.4 Å². The summed E-state index contributed by atoms with van der Waals surface area (Å²) in [6.45, 7) is -0.231. The van der Waals surface area contributed by atoms with Gasteiger partial charge in [-0.1, -0.05) is 42.5 Å². The molecule has 3 aromatic rings. The first kappa shape index (κ1) is 21.6. The van der Waals surface area contributed by atoms with Crippen LogP contribution in [0.3, 0.4) is 0 Å². The summed E-state index contributed by atoms with van der Waals surface area (Å²) in [5.74, 6) is -0.963. The van der Waals surface area contributed by atoms with Crippen LogP contribution in [0.15, 0.2) is 78.9 Å². The lowest BCUT2D eigenvalue weighted by Gasteiger charge is -2.09. The summed E-state index contributed by atoms with van der Waals surface area (Å²) in [4.78, 5) is 36.3. The minimum absolute atomic E-state index is 0.206. The Morgan fingerprint density at radius 3 is 2.23 bits per heavy atom. The van der Waals surface area contributed by atoms with E-state index in [1.165, 1.54) is 13.2 Å². The lowest BCUT2D eigenvalue weighted by molar-refractivity contribution is -0.123. The fourth-order valence-corrected chi connectivity index (χ4v) is 2.70. The van der Waals surface area contributed by atoms with Gasteiger partial charge in [0.25, 0.3) is 11.8 Å². The first-order chi connectivity index (χ1) is 15.1. The molecule has 0 unspecified atom stereocenters. The van der Waals surface area contributed by atoms with Gasteiger partial charge in [-0.15, -0.1) is 0 Å². The van der Waals surface area contributed by atoms with E-state index in [0.717, 1.165) is 11.3 Å². The van der Waals surface area contributed by atoms with E-state index in [-0.39, 0.29) is 11.1 Å². The summed E-state index contributed by atoms with van der Waals surface area (Å²) in [6.07, 6.45) is 0. The van der Waals surface area contributed by atoms with E-state index in [1.54, 1.807) is 42.5 Å². The van der Waals surface area contributed by atoms with Gasteiger partial charge in [0.2, 0.25) is 0 Å². The number of hydrogen-bond acceptors (Lipinski definition) is 6. The lowest BCUT2D eigenvalue weighted by atomic mass is 10.1. The molecular formula is C24H21NO6. The molecule has 31 heavy (non-hydrogen) atoms. The molecule has 0 atom stereocenters. The van der Waals surface area contributed by atoms with Crippen molar-refractivity contribution in [2.75, 3.05) is 13.7 Å². The summed E-state index contributed by atoms with van der Waals surface area (Å²) in [7, 11) is 1.43. The SMILES string of the molecule is COc1ccccc1C(=O)NC(=O)COC(=O)c1ccc(COc2ccccc2)cc1. The van der Waals surface area contributed by atoms with Crippen molar-refractivity contribution in [1.82, 2.24) is 5.32 Å². The molecule has 0 radical (unpaired) electrons. The van der Waals surface area contributed by atoms with Gasteiger partial charge in [-0.25, -0.2) is 4.79 Å². The molecule has 0 aromatic heterocycles. The van der Waals surface area contributed by atoms with Crippen LogP contribution in [0.25, 0.3) is 0 Å². The number of nitrogens with one attached hydrogen (secondary N) is 1. The average Bonchev–Trinajstić information content (AvgIpc) is 2.82. The predicted octanol–water partition coefficient (Wildman–Crippen LogP) is 3.39. The van der Waals surface area contributed by atoms with Gasteiger partial charge in [-0.2, -0.15) is 0 Å². The van der Waals surface area contributed by atoms with Gasteiger partial charge in [-0.3, -0.25) is 14.9 Å². The highest BCUT2D eigenvalue weighted by molar-refractivity contribution is 6.07. The van der Waals surface area contributed by atoms with Crippen LogP contribution in [0, 0.1) is 0 Å².